The summed E-state index contributed by atoms with van der Waals surface area (Å²) in [7, 11) is 2.03. The molecule has 0 atom stereocenters. The van der Waals surface area contributed by atoms with Crippen LogP contribution in [-0.4, -0.2) is 30.1 Å². The molecule has 1 aromatic heterocycles. The highest BCUT2D eigenvalue weighted by atomic mass is 15.2. The molecule has 0 saturated carbocycles. The Morgan fingerprint density at radius 1 is 1.40 bits per heavy atom. The van der Waals surface area contributed by atoms with E-state index in [9.17, 15) is 0 Å². The van der Waals surface area contributed by atoms with Gasteiger partial charge in [0.1, 0.15) is 12.1 Å². The molecule has 0 bridgehead atoms. The van der Waals surface area contributed by atoms with Gasteiger partial charge in [-0.25, -0.2) is 9.97 Å². The molecule has 0 aliphatic heterocycles. The van der Waals surface area contributed by atoms with E-state index >= 15 is 0 Å². The summed E-state index contributed by atoms with van der Waals surface area (Å²) in [6.45, 7) is 7.82. The lowest BCUT2D eigenvalue weighted by atomic mass is 9.93. The first-order valence-electron chi connectivity index (χ1n) is 5.14. The van der Waals surface area contributed by atoms with Crippen LogP contribution in [0.2, 0.25) is 0 Å². The van der Waals surface area contributed by atoms with Crippen molar-refractivity contribution in [3.63, 3.8) is 0 Å². The van der Waals surface area contributed by atoms with E-state index in [-0.39, 0.29) is 5.41 Å². The quantitative estimate of drug-likeness (QED) is 0.808. The van der Waals surface area contributed by atoms with Crippen molar-refractivity contribution in [1.82, 2.24) is 9.97 Å². The van der Waals surface area contributed by atoms with Gasteiger partial charge in [0.25, 0.3) is 0 Å². The van der Waals surface area contributed by atoms with Gasteiger partial charge in [-0.2, -0.15) is 0 Å². The minimum atomic E-state index is 0.105. The van der Waals surface area contributed by atoms with Crippen LogP contribution in [0, 0.1) is 12.3 Å². The smallest absolute Gasteiger partial charge is 0.131 e. The maximum absolute atomic E-state index is 5.70. The molecule has 0 spiro atoms. The Bertz CT molecular complexity index is 322. The maximum atomic E-state index is 5.70. The predicted octanol–water partition coefficient (Wildman–Crippen LogP) is 1.21. The Balaban J connectivity index is 2.73. The van der Waals surface area contributed by atoms with Gasteiger partial charge >= 0.3 is 0 Å². The van der Waals surface area contributed by atoms with Crippen LogP contribution >= 0.6 is 0 Å². The largest absolute Gasteiger partial charge is 0.359 e. The van der Waals surface area contributed by atoms with Gasteiger partial charge in [-0.15, -0.1) is 0 Å². The zero-order valence-corrected chi connectivity index (χ0v) is 9.99. The zero-order valence-electron chi connectivity index (χ0n) is 9.99. The average Bonchev–Trinajstić information content (AvgIpc) is 2.17. The summed E-state index contributed by atoms with van der Waals surface area (Å²) in [4.78, 5) is 10.4. The summed E-state index contributed by atoms with van der Waals surface area (Å²) in [6, 6.07) is 1.98. The fourth-order valence-electron chi connectivity index (χ4n) is 1.44. The van der Waals surface area contributed by atoms with Gasteiger partial charge in [0, 0.05) is 25.4 Å². The van der Waals surface area contributed by atoms with E-state index in [1.807, 2.05) is 20.0 Å². The normalized spacial score (nSPS) is 11.5. The van der Waals surface area contributed by atoms with E-state index in [2.05, 4.69) is 28.7 Å². The number of aromatic nitrogens is 2. The van der Waals surface area contributed by atoms with Crippen LogP contribution in [0.1, 0.15) is 19.5 Å². The van der Waals surface area contributed by atoms with E-state index in [0.29, 0.717) is 6.54 Å². The summed E-state index contributed by atoms with van der Waals surface area (Å²) in [5.74, 6) is 0.948. The molecule has 4 heteroatoms. The topological polar surface area (TPSA) is 55.0 Å². The lowest BCUT2D eigenvalue weighted by Crippen LogP contribution is -2.37. The number of anilines is 1. The highest BCUT2D eigenvalue weighted by molar-refractivity contribution is 5.37. The molecule has 0 amide bonds. The molecule has 15 heavy (non-hydrogen) atoms. The molecular formula is C11H20N4. The Hall–Kier alpha value is -1.16. The molecule has 0 aliphatic carbocycles. The first kappa shape index (κ1) is 11.9. The van der Waals surface area contributed by atoms with Crippen LogP contribution < -0.4 is 10.6 Å². The number of hydrogen-bond acceptors (Lipinski definition) is 4. The summed E-state index contributed by atoms with van der Waals surface area (Å²) in [6.07, 6.45) is 1.59. The van der Waals surface area contributed by atoms with Gasteiger partial charge in [-0.3, -0.25) is 0 Å². The van der Waals surface area contributed by atoms with Crippen LogP contribution in [0.3, 0.4) is 0 Å². The third-order valence-electron chi connectivity index (χ3n) is 2.40. The lowest BCUT2D eigenvalue weighted by molar-refractivity contribution is 0.384. The van der Waals surface area contributed by atoms with Crippen molar-refractivity contribution in [2.24, 2.45) is 11.1 Å². The van der Waals surface area contributed by atoms with Gasteiger partial charge in [0.2, 0.25) is 0 Å². The molecule has 0 fully saturated rings. The van der Waals surface area contributed by atoms with Crippen molar-refractivity contribution in [3.05, 3.63) is 18.1 Å². The number of nitrogens with zero attached hydrogens (tertiary/aromatic N) is 3. The molecule has 0 radical (unpaired) electrons. The summed E-state index contributed by atoms with van der Waals surface area (Å²) >= 11 is 0. The standard InChI is InChI=1S/C11H20N4/c1-9-5-10(14-8-13-9)15(4)7-11(2,3)6-12/h5,8H,6-7,12H2,1-4H3. The van der Waals surface area contributed by atoms with Crippen LogP contribution in [0.25, 0.3) is 0 Å². The lowest BCUT2D eigenvalue weighted by Gasteiger charge is -2.29. The Kier molecular flexibility index (Phi) is 3.63. The molecule has 1 heterocycles. The minimum absolute atomic E-state index is 0.105. The second-order valence-electron chi connectivity index (χ2n) is 4.74. The highest BCUT2D eigenvalue weighted by Crippen LogP contribution is 2.18. The highest BCUT2D eigenvalue weighted by Gasteiger charge is 2.18. The molecule has 1 aromatic rings. The van der Waals surface area contributed by atoms with Gasteiger partial charge in [0.15, 0.2) is 0 Å². The first-order chi connectivity index (χ1) is 6.94. The first-order valence-corrected chi connectivity index (χ1v) is 5.14. The number of nitrogens with two attached hydrogens (primary N) is 1. The molecular weight excluding hydrogens is 188 g/mol. The number of rotatable bonds is 4. The molecule has 4 nitrogen and oxygen atoms in total. The van der Waals surface area contributed by atoms with Crippen molar-refractivity contribution in [2.75, 3.05) is 25.0 Å². The van der Waals surface area contributed by atoms with Crippen molar-refractivity contribution >= 4 is 5.82 Å². The predicted molar refractivity (Wildman–Crippen MR) is 62.9 cm³/mol. The van der Waals surface area contributed by atoms with Crippen LogP contribution in [-0.2, 0) is 0 Å². The van der Waals surface area contributed by atoms with Crippen LogP contribution in [0.15, 0.2) is 12.4 Å². The molecule has 0 saturated heterocycles. The zero-order chi connectivity index (χ0) is 11.5. The Labute approximate surface area is 91.5 Å². The fourth-order valence-corrected chi connectivity index (χ4v) is 1.44. The average molecular weight is 208 g/mol. The SMILES string of the molecule is Cc1cc(N(C)CC(C)(C)CN)ncn1. The minimum Gasteiger partial charge on any atom is -0.359 e. The fraction of sp³-hybridized carbons (Fsp3) is 0.636. The van der Waals surface area contributed by atoms with E-state index in [4.69, 9.17) is 5.73 Å². The van der Waals surface area contributed by atoms with Crippen molar-refractivity contribution in [3.8, 4) is 0 Å². The molecule has 1 rings (SSSR count). The van der Waals surface area contributed by atoms with Gasteiger partial charge < -0.3 is 10.6 Å². The molecule has 2 N–H and O–H groups in total. The monoisotopic (exact) mass is 208 g/mol. The van der Waals surface area contributed by atoms with Crippen molar-refractivity contribution in [1.29, 1.82) is 0 Å². The second-order valence-corrected chi connectivity index (χ2v) is 4.74. The number of aryl methyl sites for hydroxylation is 1. The van der Waals surface area contributed by atoms with E-state index < -0.39 is 0 Å². The van der Waals surface area contributed by atoms with E-state index in [1.54, 1.807) is 6.33 Å². The van der Waals surface area contributed by atoms with E-state index in [0.717, 1.165) is 18.1 Å². The van der Waals surface area contributed by atoms with Crippen molar-refractivity contribution < 1.29 is 0 Å². The third kappa shape index (κ3) is 3.47. The third-order valence-corrected chi connectivity index (χ3v) is 2.40. The van der Waals surface area contributed by atoms with Crippen LogP contribution in [0.5, 0.6) is 0 Å². The molecule has 84 valence electrons. The Morgan fingerprint density at radius 3 is 2.60 bits per heavy atom. The van der Waals surface area contributed by atoms with Crippen molar-refractivity contribution in [2.45, 2.75) is 20.8 Å². The molecule has 0 aliphatic rings. The van der Waals surface area contributed by atoms with Gasteiger partial charge in [0.05, 0.1) is 0 Å². The van der Waals surface area contributed by atoms with E-state index in [1.165, 1.54) is 0 Å². The van der Waals surface area contributed by atoms with Crippen LogP contribution in [0.4, 0.5) is 5.82 Å². The number of hydrogen-bond donors (Lipinski definition) is 1. The summed E-state index contributed by atoms with van der Waals surface area (Å²) in [5, 5.41) is 0. The summed E-state index contributed by atoms with van der Waals surface area (Å²) < 4.78 is 0. The molecule has 0 aromatic carbocycles. The Morgan fingerprint density at radius 2 is 2.07 bits per heavy atom. The maximum Gasteiger partial charge on any atom is 0.131 e. The summed E-state index contributed by atoms with van der Waals surface area (Å²) in [5.41, 5.74) is 6.79. The second kappa shape index (κ2) is 4.57. The van der Waals surface area contributed by atoms with Gasteiger partial charge in [-0.1, -0.05) is 13.8 Å². The molecule has 0 unspecified atom stereocenters. The van der Waals surface area contributed by atoms with Gasteiger partial charge in [-0.05, 0) is 18.9 Å².